The molecule has 8 nitrogen and oxygen atoms in total. The Labute approximate surface area is 131 Å². The molecule has 8 heteroatoms. The lowest BCUT2D eigenvalue weighted by atomic mass is 10.2. The van der Waals surface area contributed by atoms with Gasteiger partial charge in [-0.1, -0.05) is 42.4 Å². The molecule has 0 radical (unpaired) electrons. The van der Waals surface area contributed by atoms with Gasteiger partial charge in [0.15, 0.2) is 0 Å². The Morgan fingerprint density at radius 1 is 1.35 bits per heavy atom. The van der Waals surface area contributed by atoms with Crippen LogP contribution in [0.3, 0.4) is 0 Å². The van der Waals surface area contributed by atoms with Crippen LogP contribution in [-0.2, 0) is 6.54 Å². The standard InChI is InChI=1S/C15H15N5O3/c1-10(9-19-11(2)8-13(17-19)20(21)22)15-16-14(18-23-15)12-6-4-3-5-7-12/h3-8,10H,9H2,1-2H3. The van der Waals surface area contributed by atoms with E-state index in [1.807, 2.05) is 37.3 Å². The minimum Gasteiger partial charge on any atom is -0.358 e. The molecule has 2 heterocycles. The zero-order chi connectivity index (χ0) is 16.4. The maximum absolute atomic E-state index is 10.8. The fourth-order valence-electron chi connectivity index (χ4n) is 2.24. The second kappa shape index (κ2) is 5.99. The summed E-state index contributed by atoms with van der Waals surface area (Å²) >= 11 is 0. The number of nitro groups is 1. The zero-order valence-electron chi connectivity index (χ0n) is 12.7. The third-order valence-electron chi connectivity index (χ3n) is 3.50. The molecule has 0 aliphatic heterocycles. The second-order valence-electron chi connectivity index (χ2n) is 5.31. The number of hydrogen-bond acceptors (Lipinski definition) is 6. The minimum atomic E-state index is -0.506. The van der Waals surface area contributed by atoms with Crippen LogP contribution in [-0.4, -0.2) is 24.8 Å². The largest absolute Gasteiger partial charge is 0.390 e. The maximum atomic E-state index is 10.8. The van der Waals surface area contributed by atoms with E-state index in [1.54, 1.807) is 11.6 Å². The molecule has 2 aromatic heterocycles. The van der Waals surface area contributed by atoms with Crippen molar-refractivity contribution in [3.63, 3.8) is 0 Å². The molecule has 0 aliphatic carbocycles. The number of benzene rings is 1. The molecule has 1 atom stereocenters. The Bertz CT molecular complexity index is 825. The monoisotopic (exact) mass is 313 g/mol. The van der Waals surface area contributed by atoms with Crippen LogP contribution in [0.5, 0.6) is 0 Å². The Morgan fingerprint density at radius 2 is 2.09 bits per heavy atom. The molecule has 0 fully saturated rings. The molecule has 118 valence electrons. The third-order valence-corrected chi connectivity index (χ3v) is 3.50. The van der Waals surface area contributed by atoms with Crippen LogP contribution >= 0.6 is 0 Å². The molecule has 0 saturated heterocycles. The van der Waals surface area contributed by atoms with Gasteiger partial charge < -0.3 is 14.6 Å². The zero-order valence-corrected chi connectivity index (χ0v) is 12.7. The predicted molar refractivity (Wildman–Crippen MR) is 81.8 cm³/mol. The number of aromatic nitrogens is 4. The van der Waals surface area contributed by atoms with Crippen LogP contribution in [0.4, 0.5) is 5.82 Å². The number of nitrogens with zero attached hydrogens (tertiary/aromatic N) is 5. The highest BCUT2D eigenvalue weighted by Gasteiger charge is 2.21. The van der Waals surface area contributed by atoms with Crippen molar-refractivity contribution in [3.05, 3.63) is 58.1 Å². The van der Waals surface area contributed by atoms with Gasteiger partial charge in [0.05, 0.1) is 29.3 Å². The van der Waals surface area contributed by atoms with E-state index in [4.69, 9.17) is 4.52 Å². The number of aryl methyl sites for hydroxylation is 1. The topological polar surface area (TPSA) is 99.9 Å². The van der Waals surface area contributed by atoms with E-state index in [2.05, 4.69) is 15.2 Å². The lowest BCUT2D eigenvalue weighted by Crippen LogP contribution is -2.10. The summed E-state index contributed by atoms with van der Waals surface area (Å²) in [5, 5.41) is 18.7. The highest BCUT2D eigenvalue weighted by molar-refractivity contribution is 5.53. The van der Waals surface area contributed by atoms with Gasteiger partial charge in [-0.25, -0.2) is 0 Å². The fourth-order valence-corrected chi connectivity index (χ4v) is 2.24. The molecule has 1 unspecified atom stereocenters. The lowest BCUT2D eigenvalue weighted by Gasteiger charge is -2.04. The van der Waals surface area contributed by atoms with E-state index in [1.165, 1.54) is 6.07 Å². The van der Waals surface area contributed by atoms with Crippen LogP contribution in [0.15, 0.2) is 40.9 Å². The first-order valence-corrected chi connectivity index (χ1v) is 7.12. The molecule has 3 rings (SSSR count). The number of rotatable bonds is 5. The van der Waals surface area contributed by atoms with Crippen molar-refractivity contribution in [2.24, 2.45) is 0 Å². The van der Waals surface area contributed by atoms with Crippen molar-refractivity contribution in [1.29, 1.82) is 0 Å². The SMILES string of the molecule is Cc1cc([N+](=O)[O-])nn1CC(C)c1nc(-c2ccccc2)no1. The van der Waals surface area contributed by atoms with Gasteiger partial charge >= 0.3 is 5.82 Å². The van der Waals surface area contributed by atoms with Crippen LogP contribution in [0.25, 0.3) is 11.4 Å². The van der Waals surface area contributed by atoms with E-state index < -0.39 is 4.92 Å². The van der Waals surface area contributed by atoms with Crippen molar-refractivity contribution >= 4 is 5.82 Å². The quantitative estimate of drug-likeness (QED) is 0.530. The smallest absolute Gasteiger partial charge is 0.358 e. The molecule has 3 aromatic rings. The second-order valence-corrected chi connectivity index (χ2v) is 5.31. The van der Waals surface area contributed by atoms with Gasteiger partial charge in [-0.05, 0) is 11.8 Å². The Balaban J connectivity index is 1.78. The first-order valence-electron chi connectivity index (χ1n) is 7.12. The average Bonchev–Trinajstić information content (AvgIpc) is 3.16. The first-order chi connectivity index (χ1) is 11.0. The van der Waals surface area contributed by atoms with Gasteiger partial charge in [-0.15, -0.1) is 0 Å². The van der Waals surface area contributed by atoms with Gasteiger partial charge in [-0.2, -0.15) is 9.67 Å². The highest BCUT2D eigenvalue weighted by atomic mass is 16.6. The van der Waals surface area contributed by atoms with E-state index in [-0.39, 0.29) is 11.7 Å². The molecule has 0 aliphatic rings. The Morgan fingerprint density at radius 3 is 2.74 bits per heavy atom. The summed E-state index contributed by atoms with van der Waals surface area (Å²) in [6, 6.07) is 11.0. The van der Waals surface area contributed by atoms with Crippen molar-refractivity contribution in [2.45, 2.75) is 26.3 Å². The van der Waals surface area contributed by atoms with Gasteiger partial charge in [0, 0.05) is 5.56 Å². The fraction of sp³-hybridized carbons (Fsp3) is 0.267. The Kier molecular flexibility index (Phi) is 3.88. The number of hydrogen-bond donors (Lipinski definition) is 0. The summed E-state index contributed by atoms with van der Waals surface area (Å²) in [4.78, 5) is 14.7. The van der Waals surface area contributed by atoms with Crippen LogP contribution in [0, 0.1) is 17.0 Å². The molecular formula is C15H15N5O3. The summed E-state index contributed by atoms with van der Waals surface area (Å²) in [5.74, 6) is 0.723. The maximum Gasteiger partial charge on any atom is 0.390 e. The molecule has 0 N–H and O–H groups in total. The summed E-state index contributed by atoms with van der Waals surface area (Å²) in [6.07, 6.45) is 0. The molecule has 23 heavy (non-hydrogen) atoms. The summed E-state index contributed by atoms with van der Waals surface area (Å²) in [5.41, 5.74) is 1.59. The van der Waals surface area contributed by atoms with Crippen molar-refractivity contribution < 1.29 is 9.45 Å². The normalized spacial score (nSPS) is 12.3. The van der Waals surface area contributed by atoms with Crippen LogP contribution in [0.2, 0.25) is 0 Å². The summed E-state index contributed by atoms with van der Waals surface area (Å²) in [7, 11) is 0. The summed E-state index contributed by atoms with van der Waals surface area (Å²) in [6.45, 7) is 4.11. The van der Waals surface area contributed by atoms with Gasteiger partial charge in [0.2, 0.25) is 11.7 Å². The van der Waals surface area contributed by atoms with E-state index in [0.29, 0.717) is 24.0 Å². The van der Waals surface area contributed by atoms with E-state index in [9.17, 15) is 10.1 Å². The molecule has 0 saturated carbocycles. The molecular weight excluding hydrogens is 298 g/mol. The van der Waals surface area contributed by atoms with Crippen LogP contribution < -0.4 is 0 Å². The van der Waals surface area contributed by atoms with E-state index in [0.717, 1.165) is 5.56 Å². The summed E-state index contributed by atoms with van der Waals surface area (Å²) < 4.78 is 6.89. The van der Waals surface area contributed by atoms with Crippen molar-refractivity contribution in [2.75, 3.05) is 0 Å². The first kappa shape index (κ1) is 14.9. The average molecular weight is 313 g/mol. The Hall–Kier alpha value is -3.03. The van der Waals surface area contributed by atoms with E-state index >= 15 is 0 Å². The minimum absolute atomic E-state index is 0.113. The molecule has 0 bridgehead atoms. The molecule has 0 amide bonds. The van der Waals surface area contributed by atoms with Crippen molar-refractivity contribution in [1.82, 2.24) is 19.9 Å². The lowest BCUT2D eigenvalue weighted by molar-refractivity contribution is -0.389. The predicted octanol–water partition coefficient (Wildman–Crippen LogP) is 2.95. The van der Waals surface area contributed by atoms with Gasteiger partial charge in [-0.3, -0.25) is 0 Å². The molecule has 1 aromatic carbocycles. The van der Waals surface area contributed by atoms with Crippen LogP contribution in [0.1, 0.15) is 24.4 Å². The van der Waals surface area contributed by atoms with Gasteiger partial charge in [0.25, 0.3) is 0 Å². The van der Waals surface area contributed by atoms with Gasteiger partial charge in [0.1, 0.15) is 0 Å². The molecule has 0 spiro atoms. The van der Waals surface area contributed by atoms with Crippen molar-refractivity contribution in [3.8, 4) is 11.4 Å². The highest BCUT2D eigenvalue weighted by Crippen LogP contribution is 2.22. The third kappa shape index (κ3) is 3.10.